The summed E-state index contributed by atoms with van der Waals surface area (Å²) in [5.41, 5.74) is 1.46. The molecule has 0 fully saturated rings. The molecule has 0 saturated carbocycles. The Labute approximate surface area is 175 Å². The van der Waals surface area contributed by atoms with E-state index in [1.807, 2.05) is 13.0 Å². The molecule has 150 valence electrons. The largest absolute Gasteiger partial charge is 0.506 e. The van der Waals surface area contributed by atoms with Crippen molar-refractivity contribution >= 4 is 22.4 Å². The maximum Gasteiger partial charge on any atom is 0.272 e. The first-order valence-corrected chi connectivity index (χ1v) is 9.40. The van der Waals surface area contributed by atoms with Crippen LogP contribution in [-0.2, 0) is 13.5 Å². The standard InChI is InChI=1S/C21H15ClFN5O2/c1-3-16-12-6-10(4-5-11(12)21(30)27-26-16)14-9-25-28(2)20(14)18-13(8-24)17(29)7-15(22)19(18)23/h4-7,9,29H,3H2,1-2H3,(H,27,30). The van der Waals surface area contributed by atoms with Crippen LogP contribution in [-0.4, -0.2) is 25.1 Å². The third-order valence-electron chi connectivity index (χ3n) is 5.00. The topological polar surface area (TPSA) is 108 Å². The zero-order chi connectivity index (χ0) is 21.6. The Kier molecular flexibility index (Phi) is 4.76. The SMILES string of the molecule is CCc1n[nH]c(=O)c2ccc(-c3cnn(C)c3-c3c(F)c(Cl)cc(O)c3C#N)cc12. The van der Waals surface area contributed by atoms with Crippen LogP contribution in [0.2, 0.25) is 5.02 Å². The van der Waals surface area contributed by atoms with Gasteiger partial charge in [0.25, 0.3) is 5.56 Å². The smallest absolute Gasteiger partial charge is 0.272 e. The zero-order valence-corrected chi connectivity index (χ0v) is 16.8. The molecule has 0 aliphatic carbocycles. The van der Waals surface area contributed by atoms with Crippen LogP contribution in [0.15, 0.2) is 35.3 Å². The minimum Gasteiger partial charge on any atom is -0.506 e. The Morgan fingerprint density at radius 1 is 1.33 bits per heavy atom. The number of fused-ring (bicyclic) bond motifs is 1. The van der Waals surface area contributed by atoms with Crippen molar-refractivity contribution in [1.82, 2.24) is 20.0 Å². The van der Waals surface area contributed by atoms with Crippen molar-refractivity contribution in [2.45, 2.75) is 13.3 Å². The molecule has 0 saturated heterocycles. The molecule has 2 N–H and O–H groups in total. The molecule has 2 aromatic heterocycles. The van der Waals surface area contributed by atoms with E-state index in [9.17, 15) is 15.2 Å². The molecule has 7 nitrogen and oxygen atoms in total. The fourth-order valence-electron chi connectivity index (χ4n) is 3.55. The van der Waals surface area contributed by atoms with Crippen molar-refractivity contribution in [3.63, 3.8) is 0 Å². The zero-order valence-electron chi connectivity index (χ0n) is 16.0. The summed E-state index contributed by atoms with van der Waals surface area (Å²) in [5.74, 6) is -1.25. The predicted molar refractivity (Wildman–Crippen MR) is 111 cm³/mol. The van der Waals surface area contributed by atoms with Crippen LogP contribution in [0, 0.1) is 17.1 Å². The molecular formula is C21H15ClFN5O2. The average molecular weight is 424 g/mol. The molecule has 0 amide bonds. The molecule has 0 spiro atoms. The molecule has 4 aromatic rings. The van der Waals surface area contributed by atoms with Crippen molar-refractivity contribution in [2.24, 2.45) is 7.05 Å². The second-order valence-corrected chi connectivity index (χ2v) is 7.10. The van der Waals surface area contributed by atoms with Gasteiger partial charge in [0.1, 0.15) is 17.4 Å². The molecule has 4 rings (SSSR count). The highest BCUT2D eigenvalue weighted by atomic mass is 35.5. The van der Waals surface area contributed by atoms with Crippen LogP contribution < -0.4 is 5.56 Å². The molecule has 0 unspecified atom stereocenters. The lowest BCUT2D eigenvalue weighted by Crippen LogP contribution is -2.10. The number of hydrogen-bond acceptors (Lipinski definition) is 5. The summed E-state index contributed by atoms with van der Waals surface area (Å²) < 4.78 is 16.4. The summed E-state index contributed by atoms with van der Waals surface area (Å²) in [6, 6.07) is 7.99. The number of phenolic OH excluding ortho intramolecular Hbond substituents is 1. The highest BCUT2D eigenvalue weighted by molar-refractivity contribution is 6.31. The molecule has 0 aliphatic heterocycles. The molecule has 2 aromatic carbocycles. The fraction of sp³-hybridized carbons (Fsp3) is 0.143. The van der Waals surface area contributed by atoms with E-state index in [1.165, 1.54) is 10.9 Å². The number of rotatable bonds is 3. The minimum absolute atomic E-state index is 0.141. The number of nitriles is 1. The van der Waals surface area contributed by atoms with Gasteiger partial charge in [-0.2, -0.15) is 15.5 Å². The van der Waals surface area contributed by atoms with Crippen molar-refractivity contribution in [3.05, 3.63) is 62.9 Å². The molecule has 0 aliphatic rings. The first kappa shape index (κ1) is 19.6. The Balaban J connectivity index is 2.05. The molecular weight excluding hydrogens is 409 g/mol. The van der Waals surface area contributed by atoms with Crippen molar-refractivity contribution in [2.75, 3.05) is 0 Å². The lowest BCUT2D eigenvalue weighted by molar-refractivity contribution is 0.471. The summed E-state index contributed by atoms with van der Waals surface area (Å²) in [6.45, 7) is 1.92. The molecule has 0 radical (unpaired) electrons. The van der Waals surface area contributed by atoms with Crippen molar-refractivity contribution in [3.8, 4) is 34.2 Å². The van der Waals surface area contributed by atoms with Gasteiger partial charge >= 0.3 is 0 Å². The van der Waals surface area contributed by atoms with Crippen LogP contribution in [0.3, 0.4) is 0 Å². The second-order valence-electron chi connectivity index (χ2n) is 6.70. The second kappa shape index (κ2) is 7.28. The number of nitrogens with zero attached hydrogens (tertiary/aromatic N) is 4. The maximum absolute atomic E-state index is 15.0. The Morgan fingerprint density at radius 2 is 2.10 bits per heavy atom. The number of benzene rings is 2. The van der Waals surface area contributed by atoms with Gasteiger partial charge in [0.05, 0.1) is 33.6 Å². The van der Waals surface area contributed by atoms with E-state index in [1.54, 1.807) is 25.2 Å². The summed E-state index contributed by atoms with van der Waals surface area (Å²) in [6.07, 6.45) is 2.13. The van der Waals surface area contributed by atoms with Gasteiger partial charge in [-0.1, -0.05) is 24.6 Å². The number of aromatic amines is 1. The van der Waals surface area contributed by atoms with Gasteiger partial charge < -0.3 is 5.11 Å². The molecule has 9 heteroatoms. The number of halogens is 2. The molecule has 30 heavy (non-hydrogen) atoms. The number of aryl methyl sites for hydroxylation is 2. The van der Waals surface area contributed by atoms with E-state index in [0.29, 0.717) is 34.0 Å². The van der Waals surface area contributed by atoms with E-state index in [2.05, 4.69) is 15.3 Å². The monoisotopic (exact) mass is 423 g/mol. The van der Waals surface area contributed by atoms with Crippen LogP contribution in [0.4, 0.5) is 4.39 Å². The van der Waals surface area contributed by atoms with Crippen LogP contribution in [0.5, 0.6) is 5.75 Å². The first-order chi connectivity index (χ1) is 14.4. The highest BCUT2D eigenvalue weighted by Gasteiger charge is 2.25. The number of phenols is 1. The van der Waals surface area contributed by atoms with Crippen LogP contribution in [0.25, 0.3) is 33.2 Å². The number of H-pyrrole nitrogens is 1. The molecule has 0 atom stereocenters. The third kappa shape index (κ3) is 2.91. The Bertz CT molecular complexity index is 1420. The average Bonchev–Trinajstić information content (AvgIpc) is 3.11. The number of aromatic nitrogens is 4. The normalized spacial score (nSPS) is 11.0. The van der Waals surface area contributed by atoms with Gasteiger partial charge in [-0.15, -0.1) is 0 Å². The summed E-state index contributed by atoms with van der Waals surface area (Å²) >= 11 is 5.93. The predicted octanol–water partition coefficient (Wildman–Crippen LogP) is 3.92. The molecule has 0 bridgehead atoms. The first-order valence-electron chi connectivity index (χ1n) is 9.02. The van der Waals surface area contributed by atoms with Gasteiger partial charge in [-0.3, -0.25) is 9.48 Å². The number of aromatic hydroxyl groups is 1. The fourth-order valence-corrected chi connectivity index (χ4v) is 3.75. The highest BCUT2D eigenvalue weighted by Crippen LogP contribution is 2.41. The molecule has 2 heterocycles. The van der Waals surface area contributed by atoms with Crippen LogP contribution >= 0.6 is 11.6 Å². The minimum atomic E-state index is -0.830. The van der Waals surface area contributed by atoms with E-state index in [-0.39, 0.29) is 27.4 Å². The quantitative estimate of drug-likeness (QED) is 0.519. The Morgan fingerprint density at radius 3 is 2.80 bits per heavy atom. The van der Waals surface area contributed by atoms with Gasteiger partial charge in [-0.25, -0.2) is 9.49 Å². The van der Waals surface area contributed by atoms with E-state index < -0.39 is 11.6 Å². The summed E-state index contributed by atoms with van der Waals surface area (Å²) in [4.78, 5) is 12.1. The van der Waals surface area contributed by atoms with Gasteiger partial charge in [0, 0.05) is 24.1 Å². The van der Waals surface area contributed by atoms with Gasteiger partial charge in [0.15, 0.2) is 5.82 Å². The number of hydrogen-bond donors (Lipinski definition) is 2. The summed E-state index contributed by atoms with van der Waals surface area (Å²) in [7, 11) is 1.60. The van der Waals surface area contributed by atoms with Gasteiger partial charge in [0.2, 0.25) is 0 Å². The van der Waals surface area contributed by atoms with Crippen molar-refractivity contribution < 1.29 is 9.50 Å². The lowest BCUT2D eigenvalue weighted by atomic mass is 9.95. The maximum atomic E-state index is 15.0. The number of nitrogens with one attached hydrogen (secondary N) is 1. The van der Waals surface area contributed by atoms with E-state index >= 15 is 4.39 Å². The van der Waals surface area contributed by atoms with Gasteiger partial charge in [-0.05, 0) is 24.1 Å². The summed E-state index contributed by atoms with van der Waals surface area (Å²) in [5, 5.41) is 31.3. The van der Waals surface area contributed by atoms with Crippen LogP contribution in [0.1, 0.15) is 18.2 Å². The van der Waals surface area contributed by atoms with E-state index in [0.717, 1.165) is 6.07 Å². The Hall–Kier alpha value is -3.70. The van der Waals surface area contributed by atoms with E-state index in [4.69, 9.17) is 11.6 Å². The van der Waals surface area contributed by atoms with Crippen molar-refractivity contribution in [1.29, 1.82) is 5.26 Å². The third-order valence-corrected chi connectivity index (χ3v) is 5.27. The lowest BCUT2D eigenvalue weighted by Gasteiger charge is -2.13.